The van der Waals surface area contributed by atoms with E-state index in [-0.39, 0.29) is 5.43 Å². The molecule has 7 rings (SSSR count). The molecule has 0 radical (unpaired) electrons. The Morgan fingerprint density at radius 1 is 0.595 bits per heavy atom. The molecular formula is C35H30O2. The Morgan fingerprint density at radius 3 is 2.22 bits per heavy atom. The van der Waals surface area contributed by atoms with Crippen LogP contribution in [0.25, 0.3) is 32.5 Å². The van der Waals surface area contributed by atoms with E-state index < -0.39 is 0 Å². The molecule has 1 aromatic heterocycles. The molecule has 6 aromatic rings. The van der Waals surface area contributed by atoms with Gasteiger partial charge >= 0.3 is 0 Å². The first kappa shape index (κ1) is 23.2. The highest BCUT2D eigenvalue weighted by molar-refractivity contribution is 6.08. The molecule has 0 spiro atoms. The highest BCUT2D eigenvalue weighted by Crippen LogP contribution is 2.33. The predicted octanol–water partition coefficient (Wildman–Crippen LogP) is 8.45. The lowest BCUT2D eigenvalue weighted by Crippen LogP contribution is -2.03. The maximum absolute atomic E-state index is 12.0. The summed E-state index contributed by atoms with van der Waals surface area (Å²) in [6.07, 6.45) is 6.83. The third-order valence-electron chi connectivity index (χ3n) is 7.45. The Labute approximate surface area is 217 Å². The van der Waals surface area contributed by atoms with E-state index in [1.54, 1.807) is 23.3 Å². The first-order valence-corrected chi connectivity index (χ1v) is 13.2. The minimum atomic E-state index is 0.0323. The molecule has 0 bridgehead atoms. The van der Waals surface area contributed by atoms with Gasteiger partial charge in [0.2, 0.25) is 0 Å². The van der Waals surface area contributed by atoms with Crippen molar-refractivity contribution in [2.45, 2.75) is 38.5 Å². The van der Waals surface area contributed by atoms with E-state index in [4.69, 9.17) is 4.42 Å². The molecule has 0 aliphatic heterocycles. The van der Waals surface area contributed by atoms with Gasteiger partial charge in [-0.15, -0.1) is 0 Å². The lowest BCUT2D eigenvalue weighted by Gasteiger charge is -2.18. The first-order chi connectivity index (χ1) is 18.3. The van der Waals surface area contributed by atoms with Crippen LogP contribution < -0.4 is 5.43 Å². The normalized spacial score (nSPS) is 12.8. The van der Waals surface area contributed by atoms with E-state index in [2.05, 4.69) is 60.7 Å². The summed E-state index contributed by atoms with van der Waals surface area (Å²) < 4.78 is 5.76. The van der Waals surface area contributed by atoms with Crippen molar-refractivity contribution in [2.75, 3.05) is 0 Å². The van der Waals surface area contributed by atoms with Crippen LogP contribution in [0.5, 0.6) is 0 Å². The van der Waals surface area contributed by atoms with Gasteiger partial charge in [0.15, 0.2) is 5.43 Å². The Hall–Kier alpha value is -4.17. The van der Waals surface area contributed by atoms with Gasteiger partial charge in [-0.3, -0.25) is 4.79 Å². The second kappa shape index (κ2) is 10.4. The average Bonchev–Trinajstić information content (AvgIpc) is 2.97. The largest absolute Gasteiger partial charge is 0.461 e. The van der Waals surface area contributed by atoms with Gasteiger partial charge in [0.1, 0.15) is 11.3 Å². The van der Waals surface area contributed by atoms with Gasteiger partial charge in [0.05, 0.1) is 5.39 Å². The zero-order chi connectivity index (χ0) is 25.0. The minimum Gasteiger partial charge on any atom is -0.461 e. The number of hydrogen-bond acceptors (Lipinski definition) is 2. The third kappa shape index (κ3) is 4.93. The standard InChI is InChI=1S/C18H16.C17H14O2/c1-3-7-15-13(5-1)9-11-18-16-8-4-2-6-14(16)10-12-17(15)18;18-16-12-14(11-10-13-6-2-1-3-7-13)19-17-9-5-4-8-15(16)17/h1,3,5,7,9-12H,2,4,6,8H2;1-9,12H,10-11H2. The topological polar surface area (TPSA) is 30.2 Å². The van der Waals surface area contributed by atoms with Crippen LogP contribution in [-0.4, -0.2) is 0 Å². The van der Waals surface area contributed by atoms with Crippen LogP contribution in [0, 0.1) is 0 Å². The van der Waals surface area contributed by atoms with Crippen molar-refractivity contribution >= 4 is 32.5 Å². The van der Waals surface area contributed by atoms with Crippen LogP contribution in [0.4, 0.5) is 0 Å². The molecule has 0 atom stereocenters. The molecule has 1 aliphatic carbocycles. The zero-order valence-electron chi connectivity index (χ0n) is 21.0. The van der Waals surface area contributed by atoms with Crippen LogP contribution in [0.3, 0.4) is 0 Å². The summed E-state index contributed by atoms with van der Waals surface area (Å²) in [6, 6.07) is 37.1. The Morgan fingerprint density at radius 2 is 1.32 bits per heavy atom. The third-order valence-corrected chi connectivity index (χ3v) is 7.45. The summed E-state index contributed by atoms with van der Waals surface area (Å²) in [4.78, 5) is 12.0. The highest BCUT2D eigenvalue weighted by atomic mass is 16.3. The number of hydrogen-bond donors (Lipinski definition) is 0. The van der Waals surface area contributed by atoms with Gasteiger partial charge in [-0.05, 0) is 82.5 Å². The van der Waals surface area contributed by atoms with Crippen molar-refractivity contribution in [3.05, 3.63) is 142 Å². The predicted molar refractivity (Wildman–Crippen MR) is 154 cm³/mol. The quantitative estimate of drug-likeness (QED) is 0.237. The van der Waals surface area contributed by atoms with Gasteiger partial charge in [-0.1, -0.05) is 91.0 Å². The molecule has 0 saturated heterocycles. The van der Waals surface area contributed by atoms with Gasteiger partial charge < -0.3 is 4.42 Å². The number of rotatable bonds is 3. The summed E-state index contributed by atoms with van der Waals surface area (Å²) in [5.74, 6) is 0.743. The monoisotopic (exact) mass is 482 g/mol. The minimum absolute atomic E-state index is 0.0323. The summed E-state index contributed by atoms with van der Waals surface area (Å²) in [5.41, 5.74) is 5.12. The maximum atomic E-state index is 12.0. The van der Waals surface area contributed by atoms with Crippen molar-refractivity contribution < 1.29 is 4.42 Å². The Bertz CT molecular complexity index is 1740. The van der Waals surface area contributed by atoms with Crippen molar-refractivity contribution in [1.29, 1.82) is 0 Å². The van der Waals surface area contributed by atoms with Crippen molar-refractivity contribution in [3.8, 4) is 0 Å². The van der Waals surface area contributed by atoms with E-state index in [0.717, 1.165) is 18.6 Å². The lowest BCUT2D eigenvalue weighted by molar-refractivity contribution is 0.534. The lowest BCUT2D eigenvalue weighted by atomic mass is 9.86. The van der Waals surface area contributed by atoms with Crippen LogP contribution in [0.15, 0.2) is 118 Å². The second-order valence-corrected chi connectivity index (χ2v) is 9.85. The number of aryl methyl sites for hydroxylation is 4. The smallest absolute Gasteiger partial charge is 0.192 e. The number of fused-ring (bicyclic) bond motifs is 6. The van der Waals surface area contributed by atoms with Gasteiger partial charge in [-0.25, -0.2) is 0 Å². The van der Waals surface area contributed by atoms with Crippen molar-refractivity contribution in [1.82, 2.24) is 0 Å². The van der Waals surface area contributed by atoms with Crippen LogP contribution in [-0.2, 0) is 25.7 Å². The first-order valence-electron chi connectivity index (χ1n) is 13.2. The molecule has 1 aliphatic rings. The molecule has 0 fully saturated rings. The molecule has 0 saturated carbocycles. The number of para-hydroxylation sites is 1. The van der Waals surface area contributed by atoms with Gasteiger partial charge in [0.25, 0.3) is 0 Å². The maximum Gasteiger partial charge on any atom is 0.192 e. The van der Waals surface area contributed by atoms with E-state index in [1.807, 2.05) is 36.4 Å². The fourth-order valence-electron chi connectivity index (χ4n) is 5.53. The summed E-state index contributed by atoms with van der Waals surface area (Å²) in [7, 11) is 0. The zero-order valence-corrected chi connectivity index (χ0v) is 21.0. The second-order valence-electron chi connectivity index (χ2n) is 9.85. The Kier molecular flexibility index (Phi) is 6.56. The van der Waals surface area contributed by atoms with Crippen molar-refractivity contribution in [2.24, 2.45) is 0 Å². The van der Waals surface area contributed by atoms with Crippen LogP contribution in [0.2, 0.25) is 0 Å². The molecule has 182 valence electrons. The molecule has 5 aromatic carbocycles. The average molecular weight is 483 g/mol. The fraction of sp³-hybridized carbons (Fsp3) is 0.171. The highest BCUT2D eigenvalue weighted by Gasteiger charge is 2.13. The molecular weight excluding hydrogens is 452 g/mol. The molecule has 0 unspecified atom stereocenters. The fourth-order valence-corrected chi connectivity index (χ4v) is 5.53. The van der Waals surface area contributed by atoms with E-state index in [0.29, 0.717) is 11.0 Å². The molecule has 37 heavy (non-hydrogen) atoms. The summed E-state index contributed by atoms with van der Waals surface area (Å²) >= 11 is 0. The number of benzene rings is 5. The Balaban J connectivity index is 0.000000136. The molecule has 0 N–H and O–H groups in total. The van der Waals surface area contributed by atoms with E-state index >= 15 is 0 Å². The molecule has 1 heterocycles. The molecule has 2 nitrogen and oxygen atoms in total. The van der Waals surface area contributed by atoms with Gasteiger partial charge in [0, 0.05) is 12.5 Å². The van der Waals surface area contributed by atoms with Crippen LogP contribution >= 0.6 is 0 Å². The van der Waals surface area contributed by atoms with Gasteiger partial charge in [-0.2, -0.15) is 0 Å². The summed E-state index contributed by atoms with van der Waals surface area (Å²) in [6.45, 7) is 0. The molecule has 2 heteroatoms. The van der Waals surface area contributed by atoms with E-state index in [1.165, 1.54) is 52.8 Å². The molecule has 0 amide bonds. The van der Waals surface area contributed by atoms with E-state index in [9.17, 15) is 4.79 Å². The van der Waals surface area contributed by atoms with Crippen LogP contribution in [0.1, 0.15) is 35.3 Å². The van der Waals surface area contributed by atoms with Crippen molar-refractivity contribution in [3.63, 3.8) is 0 Å². The SMILES string of the molecule is O=c1cc(CCc2ccccc2)oc2ccccc12.c1ccc2c(c1)ccc1c3c(ccc12)CCCC3. The summed E-state index contributed by atoms with van der Waals surface area (Å²) in [5, 5.41) is 6.29.